The van der Waals surface area contributed by atoms with Gasteiger partial charge in [0, 0.05) is 29.7 Å². The Kier molecular flexibility index (Phi) is 8.86. The van der Waals surface area contributed by atoms with Crippen LogP contribution >= 0.6 is 15.9 Å². The average molecular weight is 475 g/mol. The molecule has 0 fully saturated rings. The van der Waals surface area contributed by atoms with E-state index in [1.807, 2.05) is 50.2 Å². The van der Waals surface area contributed by atoms with Crippen molar-refractivity contribution in [3.05, 3.63) is 64.1 Å². The number of rotatable bonds is 8. The Morgan fingerprint density at radius 3 is 2.13 bits per heavy atom. The third-order valence-corrected chi connectivity index (χ3v) is 4.69. The molecule has 2 rings (SSSR count). The molecule has 1 atom stereocenters. The normalized spacial score (nSPS) is 11.5. The molecule has 0 aliphatic rings. The van der Waals surface area contributed by atoms with Crippen LogP contribution < -0.4 is 21.3 Å². The molecule has 4 amide bonds. The van der Waals surface area contributed by atoms with Crippen molar-refractivity contribution < 1.29 is 14.4 Å². The standard InChI is InChI=1S/C22H27BrN4O3/c1-14(2)25-22(30)27-19-10-4-16(5-11-19)13-24-21(29)12-20(26-15(3)28)17-6-8-18(23)9-7-17/h4-11,14,20H,12-13H2,1-3H3,(H,24,29)(H,26,28)(H2,25,27,30). The predicted octanol–water partition coefficient (Wildman–Crippen LogP) is 3.86. The predicted molar refractivity (Wildman–Crippen MR) is 121 cm³/mol. The van der Waals surface area contributed by atoms with Crippen molar-refractivity contribution in [2.24, 2.45) is 0 Å². The van der Waals surface area contributed by atoms with Crippen LogP contribution in [0, 0.1) is 0 Å². The molecule has 160 valence electrons. The van der Waals surface area contributed by atoms with Crippen LogP contribution in [-0.4, -0.2) is 23.9 Å². The molecule has 0 aliphatic heterocycles. The second-order valence-electron chi connectivity index (χ2n) is 7.24. The average Bonchev–Trinajstić information content (AvgIpc) is 2.66. The maximum atomic E-state index is 12.4. The van der Waals surface area contributed by atoms with Gasteiger partial charge in [-0.05, 0) is 49.2 Å². The van der Waals surface area contributed by atoms with Gasteiger partial charge in [-0.2, -0.15) is 0 Å². The van der Waals surface area contributed by atoms with Crippen molar-refractivity contribution in [3.8, 4) is 0 Å². The first-order chi connectivity index (χ1) is 14.2. The number of benzene rings is 2. The van der Waals surface area contributed by atoms with Gasteiger partial charge in [-0.3, -0.25) is 9.59 Å². The first-order valence-electron chi connectivity index (χ1n) is 9.68. The Morgan fingerprint density at radius 1 is 0.933 bits per heavy atom. The summed E-state index contributed by atoms with van der Waals surface area (Å²) >= 11 is 3.38. The molecule has 8 heteroatoms. The van der Waals surface area contributed by atoms with E-state index < -0.39 is 6.04 Å². The number of carbonyl (C=O) groups is 3. The molecule has 0 aromatic heterocycles. The second kappa shape index (κ2) is 11.3. The van der Waals surface area contributed by atoms with E-state index in [1.165, 1.54) is 6.92 Å². The van der Waals surface area contributed by atoms with E-state index in [4.69, 9.17) is 0 Å². The van der Waals surface area contributed by atoms with E-state index in [9.17, 15) is 14.4 Å². The zero-order valence-electron chi connectivity index (χ0n) is 17.3. The van der Waals surface area contributed by atoms with Gasteiger partial charge in [0.1, 0.15) is 0 Å². The number of carbonyl (C=O) groups excluding carboxylic acids is 3. The lowest BCUT2D eigenvalue weighted by Crippen LogP contribution is -2.34. The molecular weight excluding hydrogens is 448 g/mol. The van der Waals surface area contributed by atoms with Crippen molar-refractivity contribution in [1.82, 2.24) is 16.0 Å². The van der Waals surface area contributed by atoms with Crippen LogP contribution in [0.15, 0.2) is 53.0 Å². The van der Waals surface area contributed by atoms with E-state index in [1.54, 1.807) is 12.1 Å². The third kappa shape index (κ3) is 8.24. The van der Waals surface area contributed by atoms with Crippen molar-refractivity contribution in [1.29, 1.82) is 0 Å². The Morgan fingerprint density at radius 2 is 1.57 bits per heavy atom. The summed E-state index contributed by atoms with van der Waals surface area (Å²) in [5, 5.41) is 11.2. The first-order valence-corrected chi connectivity index (χ1v) is 10.5. The summed E-state index contributed by atoms with van der Waals surface area (Å²) in [6.45, 7) is 5.56. The van der Waals surface area contributed by atoms with Gasteiger partial charge in [-0.15, -0.1) is 0 Å². The number of anilines is 1. The molecule has 30 heavy (non-hydrogen) atoms. The number of hydrogen-bond donors (Lipinski definition) is 4. The summed E-state index contributed by atoms with van der Waals surface area (Å²) in [6.07, 6.45) is 0.135. The van der Waals surface area contributed by atoms with Gasteiger partial charge < -0.3 is 21.3 Å². The Balaban J connectivity index is 1.89. The van der Waals surface area contributed by atoms with E-state index in [2.05, 4.69) is 37.2 Å². The smallest absolute Gasteiger partial charge is 0.319 e. The van der Waals surface area contributed by atoms with Gasteiger partial charge in [0.2, 0.25) is 11.8 Å². The summed E-state index contributed by atoms with van der Waals surface area (Å²) in [7, 11) is 0. The largest absolute Gasteiger partial charge is 0.352 e. The molecule has 4 N–H and O–H groups in total. The van der Waals surface area contributed by atoms with Crippen molar-refractivity contribution in [3.63, 3.8) is 0 Å². The Bertz CT molecular complexity index is 867. The topological polar surface area (TPSA) is 99.3 Å². The highest BCUT2D eigenvalue weighted by atomic mass is 79.9. The molecular formula is C22H27BrN4O3. The summed E-state index contributed by atoms with van der Waals surface area (Å²) in [5.41, 5.74) is 2.43. The van der Waals surface area contributed by atoms with Gasteiger partial charge in [-0.25, -0.2) is 4.79 Å². The summed E-state index contributed by atoms with van der Waals surface area (Å²) in [4.78, 5) is 35.7. The molecule has 0 saturated heterocycles. The fraction of sp³-hybridized carbons (Fsp3) is 0.318. The third-order valence-electron chi connectivity index (χ3n) is 4.16. The molecule has 0 heterocycles. The molecule has 7 nitrogen and oxygen atoms in total. The first kappa shape index (κ1) is 23.4. The number of nitrogens with one attached hydrogen (secondary N) is 4. The van der Waals surface area contributed by atoms with Gasteiger partial charge in [0.15, 0.2) is 0 Å². The van der Waals surface area contributed by atoms with Crippen LogP contribution in [0.25, 0.3) is 0 Å². The second-order valence-corrected chi connectivity index (χ2v) is 8.15. The maximum Gasteiger partial charge on any atom is 0.319 e. The molecule has 0 aliphatic carbocycles. The van der Waals surface area contributed by atoms with Crippen LogP contribution in [0.5, 0.6) is 0 Å². The molecule has 2 aromatic carbocycles. The molecule has 0 saturated carbocycles. The molecule has 1 unspecified atom stereocenters. The number of hydrogen-bond acceptors (Lipinski definition) is 3. The zero-order valence-corrected chi connectivity index (χ0v) is 18.9. The molecule has 0 spiro atoms. The molecule has 0 bridgehead atoms. The number of amides is 4. The van der Waals surface area contributed by atoms with Gasteiger partial charge >= 0.3 is 6.03 Å². The van der Waals surface area contributed by atoms with Gasteiger partial charge in [-0.1, -0.05) is 40.2 Å². The minimum Gasteiger partial charge on any atom is -0.352 e. The van der Waals surface area contributed by atoms with E-state index in [-0.39, 0.29) is 30.3 Å². The van der Waals surface area contributed by atoms with E-state index in [0.717, 1.165) is 15.6 Å². The highest BCUT2D eigenvalue weighted by molar-refractivity contribution is 9.10. The molecule has 2 aromatic rings. The Labute approximate surface area is 185 Å². The lowest BCUT2D eigenvalue weighted by Gasteiger charge is -2.18. The minimum absolute atomic E-state index is 0.0539. The Hall–Kier alpha value is -2.87. The number of halogens is 1. The van der Waals surface area contributed by atoms with Gasteiger partial charge in [0.05, 0.1) is 12.5 Å². The van der Waals surface area contributed by atoms with Crippen LogP contribution in [0.2, 0.25) is 0 Å². The fourth-order valence-electron chi connectivity index (χ4n) is 2.79. The van der Waals surface area contributed by atoms with Crippen LogP contribution in [-0.2, 0) is 16.1 Å². The fourth-order valence-corrected chi connectivity index (χ4v) is 3.05. The summed E-state index contributed by atoms with van der Waals surface area (Å²) in [5.74, 6) is -0.365. The minimum atomic E-state index is -0.401. The molecule has 0 radical (unpaired) electrons. The van der Waals surface area contributed by atoms with E-state index in [0.29, 0.717) is 12.2 Å². The summed E-state index contributed by atoms with van der Waals surface area (Å²) < 4.78 is 0.928. The van der Waals surface area contributed by atoms with Crippen LogP contribution in [0.1, 0.15) is 44.4 Å². The number of urea groups is 1. The van der Waals surface area contributed by atoms with E-state index >= 15 is 0 Å². The lowest BCUT2D eigenvalue weighted by atomic mass is 10.0. The highest BCUT2D eigenvalue weighted by Gasteiger charge is 2.17. The zero-order chi connectivity index (χ0) is 22.1. The summed E-state index contributed by atoms with van der Waals surface area (Å²) in [6, 6.07) is 14.1. The SMILES string of the molecule is CC(=O)NC(CC(=O)NCc1ccc(NC(=O)NC(C)C)cc1)c1ccc(Br)cc1. The monoisotopic (exact) mass is 474 g/mol. The highest BCUT2D eigenvalue weighted by Crippen LogP contribution is 2.20. The quantitative estimate of drug-likeness (QED) is 0.467. The lowest BCUT2D eigenvalue weighted by molar-refractivity contribution is -0.122. The van der Waals surface area contributed by atoms with Crippen LogP contribution in [0.3, 0.4) is 0 Å². The van der Waals surface area contributed by atoms with Crippen molar-refractivity contribution >= 4 is 39.5 Å². The van der Waals surface area contributed by atoms with Gasteiger partial charge in [0.25, 0.3) is 0 Å². The maximum absolute atomic E-state index is 12.4. The van der Waals surface area contributed by atoms with Crippen LogP contribution in [0.4, 0.5) is 10.5 Å². The van der Waals surface area contributed by atoms with Crippen molar-refractivity contribution in [2.75, 3.05) is 5.32 Å². The van der Waals surface area contributed by atoms with Crippen molar-refractivity contribution in [2.45, 2.75) is 45.8 Å².